The number of rotatable bonds is 5. The molecule has 0 spiro atoms. The van der Waals surface area contributed by atoms with E-state index in [2.05, 4.69) is 20.0 Å². The minimum atomic E-state index is -2.60. The van der Waals surface area contributed by atoms with Crippen LogP contribution in [0.25, 0.3) is 10.9 Å². The van der Waals surface area contributed by atoms with Gasteiger partial charge in [-0.15, -0.1) is 0 Å². The lowest BCUT2D eigenvalue weighted by Crippen LogP contribution is -2.00. The van der Waals surface area contributed by atoms with Crippen molar-refractivity contribution in [1.29, 1.82) is 0 Å². The van der Waals surface area contributed by atoms with Crippen LogP contribution in [0.15, 0.2) is 30.6 Å². The Hall–Kier alpha value is -2.85. The number of aromatic nitrogens is 2. The largest absolute Gasteiger partial charge is 0.504 e. The van der Waals surface area contributed by atoms with Gasteiger partial charge in [0.2, 0.25) is 0 Å². The summed E-state index contributed by atoms with van der Waals surface area (Å²) in [7, 11) is 1.40. The summed E-state index contributed by atoms with van der Waals surface area (Å²) in [6, 6.07) is 5.16. The normalized spacial score (nSPS) is 10.6. The number of nitrogens with one attached hydrogen (secondary N) is 1. The first-order chi connectivity index (χ1) is 13.8. The number of alkyl halides is 2. The molecule has 2 aromatic carbocycles. The van der Waals surface area contributed by atoms with Crippen LogP contribution in [0.1, 0.15) is 6.92 Å². The summed E-state index contributed by atoms with van der Waals surface area (Å²) in [6.45, 7) is -1.00. The molecule has 0 amide bonds. The average Bonchev–Trinajstić information content (AvgIpc) is 2.68. The number of halogens is 5. The van der Waals surface area contributed by atoms with Crippen LogP contribution in [0.3, 0.4) is 0 Å². The maximum Gasteiger partial charge on any atom is 0.345 e. The number of hydrogen-bond acceptors (Lipinski definition) is 6. The zero-order chi connectivity index (χ0) is 21.6. The van der Waals surface area contributed by atoms with Gasteiger partial charge in [-0.05, 0) is 25.1 Å². The van der Waals surface area contributed by atoms with E-state index < -0.39 is 23.3 Å². The van der Waals surface area contributed by atoms with Crippen molar-refractivity contribution in [2.45, 2.75) is 13.5 Å². The smallest absolute Gasteiger partial charge is 0.345 e. The fourth-order valence-corrected chi connectivity index (χ4v) is 2.38. The first-order valence-electron chi connectivity index (χ1n) is 8.10. The fourth-order valence-electron chi connectivity index (χ4n) is 2.21. The molecule has 0 aliphatic carbocycles. The molecule has 29 heavy (non-hydrogen) atoms. The van der Waals surface area contributed by atoms with Crippen molar-refractivity contribution in [2.75, 3.05) is 19.0 Å². The monoisotopic (exact) mass is 433 g/mol. The Balaban J connectivity index is 0.000000438. The second kappa shape index (κ2) is 10.1. The van der Waals surface area contributed by atoms with Gasteiger partial charge in [-0.25, -0.2) is 18.7 Å². The quantitative estimate of drug-likeness (QED) is 0.422. The van der Waals surface area contributed by atoms with Crippen molar-refractivity contribution in [2.24, 2.45) is 0 Å². The SMILES string of the molecule is CCOC(F)F.COc1cc2c(Nc3ccc(F)c(Cl)c3F)ncnc2cc1O. The number of nitrogens with zero attached hydrogens (tertiary/aromatic N) is 2. The van der Waals surface area contributed by atoms with Gasteiger partial charge in [-0.2, -0.15) is 8.78 Å². The number of aromatic hydroxyl groups is 1. The van der Waals surface area contributed by atoms with E-state index >= 15 is 0 Å². The van der Waals surface area contributed by atoms with Crippen LogP contribution in [0, 0.1) is 11.6 Å². The first-order valence-corrected chi connectivity index (χ1v) is 8.48. The molecule has 6 nitrogen and oxygen atoms in total. The third-order valence-corrected chi connectivity index (χ3v) is 3.86. The van der Waals surface area contributed by atoms with Gasteiger partial charge in [0, 0.05) is 18.1 Å². The number of fused-ring (bicyclic) bond motifs is 1. The molecule has 1 aromatic heterocycles. The van der Waals surface area contributed by atoms with Crippen molar-refractivity contribution in [3.8, 4) is 11.5 Å². The van der Waals surface area contributed by atoms with Gasteiger partial charge in [0.15, 0.2) is 17.3 Å². The highest BCUT2D eigenvalue weighted by molar-refractivity contribution is 6.31. The van der Waals surface area contributed by atoms with E-state index in [1.807, 2.05) is 0 Å². The molecular weight excluding hydrogens is 418 g/mol. The summed E-state index contributed by atoms with van der Waals surface area (Å²) in [6.07, 6.45) is 1.25. The molecule has 0 fully saturated rings. The molecule has 0 saturated carbocycles. The Morgan fingerprint density at radius 3 is 2.52 bits per heavy atom. The summed E-state index contributed by atoms with van der Waals surface area (Å²) >= 11 is 5.56. The number of methoxy groups -OCH3 is 1. The fraction of sp³-hybridized carbons (Fsp3) is 0.222. The maximum atomic E-state index is 14.0. The summed E-state index contributed by atoms with van der Waals surface area (Å²) in [5, 5.41) is 12.4. The second-order valence-electron chi connectivity index (χ2n) is 5.33. The molecule has 156 valence electrons. The first kappa shape index (κ1) is 22.4. The zero-order valence-corrected chi connectivity index (χ0v) is 16.0. The van der Waals surface area contributed by atoms with E-state index in [9.17, 15) is 22.7 Å². The number of benzene rings is 2. The van der Waals surface area contributed by atoms with Gasteiger partial charge >= 0.3 is 6.61 Å². The molecule has 0 aliphatic rings. The molecule has 0 atom stereocenters. The predicted octanol–water partition coefficient (Wildman–Crippen LogP) is 5.26. The van der Waals surface area contributed by atoms with Gasteiger partial charge in [0.05, 0.1) is 18.3 Å². The minimum absolute atomic E-state index is 0.0385. The standard InChI is InChI=1S/C15H10ClF2N3O2.C3H6F2O/c1-23-12-4-7-10(5-11(12)22)19-6-20-15(7)21-9-3-2-8(17)13(16)14(9)18;1-2-6-3(4)5/h2-6,22H,1H3,(H,19,20,21);3H,2H2,1H3. The number of phenols is 1. The van der Waals surface area contributed by atoms with Gasteiger partial charge in [0.25, 0.3) is 0 Å². The number of phenolic OH excluding ortho intramolecular Hbond substituents is 1. The van der Waals surface area contributed by atoms with Crippen LogP contribution in [0.2, 0.25) is 5.02 Å². The molecule has 1 heterocycles. The topological polar surface area (TPSA) is 76.5 Å². The van der Waals surface area contributed by atoms with E-state index in [0.29, 0.717) is 10.9 Å². The molecular formula is C18H16ClF4N3O3. The highest BCUT2D eigenvalue weighted by Gasteiger charge is 2.15. The Bertz CT molecular complexity index is 992. The highest BCUT2D eigenvalue weighted by Crippen LogP contribution is 2.34. The molecule has 0 unspecified atom stereocenters. The molecule has 0 saturated heterocycles. The molecule has 0 bridgehead atoms. The summed E-state index contributed by atoms with van der Waals surface area (Å²) in [5.41, 5.74) is 0.387. The summed E-state index contributed by atoms with van der Waals surface area (Å²) in [4.78, 5) is 8.06. The van der Waals surface area contributed by atoms with Crippen LogP contribution in [-0.4, -0.2) is 35.4 Å². The number of ether oxygens (including phenoxy) is 2. The van der Waals surface area contributed by atoms with Crippen molar-refractivity contribution < 1.29 is 32.1 Å². The summed E-state index contributed by atoms with van der Waals surface area (Å²) < 4.78 is 57.6. The van der Waals surface area contributed by atoms with Gasteiger partial charge in [-0.3, -0.25) is 0 Å². The predicted molar refractivity (Wildman–Crippen MR) is 100 cm³/mol. The zero-order valence-electron chi connectivity index (χ0n) is 15.2. The lowest BCUT2D eigenvalue weighted by molar-refractivity contribution is -0.124. The minimum Gasteiger partial charge on any atom is -0.504 e. The van der Waals surface area contributed by atoms with E-state index in [4.69, 9.17) is 16.3 Å². The van der Waals surface area contributed by atoms with Crippen LogP contribution in [0.5, 0.6) is 11.5 Å². The average molecular weight is 434 g/mol. The lowest BCUT2D eigenvalue weighted by atomic mass is 10.2. The molecule has 2 N–H and O–H groups in total. The second-order valence-corrected chi connectivity index (χ2v) is 5.71. The highest BCUT2D eigenvalue weighted by atomic mass is 35.5. The van der Waals surface area contributed by atoms with Gasteiger partial charge in [-0.1, -0.05) is 11.6 Å². The van der Waals surface area contributed by atoms with Crippen LogP contribution in [-0.2, 0) is 4.74 Å². The Labute approximate surface area is 168 Å². The van der Waals surface area contributed by atoms with E-state index in [1.165, 1.54) is 38.6 Å². The molecule has 3 aromatic rings. The van der Waals surface area contributed by atoms with E-state index in [0.717, 1.165) is 6.07 Å². The van der Waals surface area contributed by atoms with E-state index in [1.54, 1.807) is 0 Å². The number of anilines is 2. The lowest BCUT2D eigenvalue weighted by Gasteiger charge is -2.11. The molecule has 3 rings (SSSR count). The van der Waals surface area contributed by atoms with Crippen molar-refractivity contribution in [3.05, 3.63) is 47.2 Å². The Morgan fingerprint density at radius 2 is 1.93 bits per heavy atom. The van der Waals surface area contributed by atoms with Gasteiger partial charge < -0.3 is 19.9 Å². The third kappa shape index (κ3) is 5.58. The Morgan fingerprint density at radius 1 is 1.21 bits per heavy atom. The van der Waals surface area contributed by atoms with E-state index in [-0.39, 0.29) is 29.6 Å². The molecule has 0 radical (unpaired) electrons. The van der Waals surface area contributed by atoms with Crippen molar-refractivity contribution in [3.63, 3.8) is 0 Å². The van der Waals surface area contributed by atoms with Crippen LogP contribution in [0.4, 0.5) is 29.1 Å². The van der Waals surface area contributed by atoms with Crippen LogP contribution >= 0.6 is 11.6 Å². The van der Waals surface area contributed by atoms with Crippen molar-refractivity contribution >= 4 is 34.0 Å². The molecule has 11 heteroatoms. The maximum absolute atomic E-state index is 14.0. The Kier molecular flexibility index (Phi) is 7.80. The van der Waals surface area contributed by atoms with Gasteiger partial charge in [0.1, 0.15) is 23.0 Å². The number of hydrogen-bond donors (Lipinski definition) is 2. The summed E-state index contributed by atoms with van der Waals surface area (Å²) in [5.74, 6) is -1.39. The third-order valence-electron chi connectivity index (χ3n) is 3.52. The van der Waals surface area contributed by atoms with Crippen LogP contribution < -0.4 is 10.1 Å². The molecule has 0 aliphatic heterocycles. The van der Waals surface area contributed by atoms with Crippen molar-refractivity contribution in [1.82, 2.24) is 9.97 Å².